The van der Waals surface area contributed by atoms with Gasteiger partial charge in [-0.2, -0.15) is 0 Å². The number of hydrogen-bond acceptors (Lipinski definition) is 3. The van der Waals surface area contributed by atoms with Crippen molar-refractivity contribution in [2.24, 2.45) is 0 Å². The Hall–Kier alpha value is -1.11. The van der Waals surface area contributed by atoms with Crippen LogP contribution >= 0.6 is 11.6 Å². The summed E-state index contributed by atoms with van der Waals surface area (Å²) in [4.78, 5) is 12.1. The van der Waals surface area contributed by atoms with Crippen LogP contribution in [0, 0.1) is 0 Å². The molecule has 0 spiro atoms. The van der Waals surface area contributed by atoms with E-state index in [1.54, 1.807) is 20.8 Å². The Kier molecular flexibility index (Phi) is 7.70. The van der Waals surface area contributed by atoms with Gasteiger partial charge < -0.3 is 5.32 Å². The average molecular weight is 375 g/mol. The van der Waals surface area contributed by atoms with Gasteiger partial charge in [-0.3, -0.25) is 4.79 Å². The zero-order valence-corrected chi connectivity index (χ0v) is 16.4. The van der Waals surface area contributed by atoms with E-state index in [9.17, 15) is 13.2 Å². The Bertz CT molecular complexity index is 667. The molecule has 7 heteroatoms. The van der Waals surface area contributed by atoms with E-state index in [1.165, 1.54) is 18.2 Å². The van der Waals surface area contributed by atoms with E-state index in [4.69, 9.17) is 11.6 Å². The number of nitrogens with one attached hydrogen (secondary N) is 2. The van der Waals surface area contributed by atoms with Crippen molar-refractivity contribution in [3.63, 3.8) is 0 Å². The highest BCUT2D eigenvalue weighted by atomic mass is 35.5. The van der Waals surface area contributed by atoms with Gasteiger partial charge in [0.05, 0.1) is 5.02 Å². The summed E-state index contributed by atoms with van der Waals surface area (Å²) in [5, 5.41) is 2.90. The summed E-state index contributed by atoms with van der Waals surface area (Å²) >= 11 is 6.02. The van der Waals surface area contributed by atoms with Crippen LogP contribution in [0.1, 0.15) is 63.7 Å². The van der Waals surface area contributed by atoms with Gasteiger partial charge in [-0.1, -0.05) is 37.8 Å². The molecule has 0 aromatic heterocycles. The first kappa shape index (κ1) is 20.9. The van der Waals surface area contributed by atoms with E-state index < -0.39 is 15.6 Å². The molecule has 1 aromatic rings. The molecule has 0 unspecified atom stereocenters. The number of unbranched alkanes of at least 4 members (excludes halogenated alkanes) is 3. The molecule has 0 aliphatic heterocycles. The largest absolute Gasteiger partial charge is 0.352 e. The molecule has 1 amide bonds. The lowest BCUT2D eigenvalue weighted by molar-refractivity contribution is 0.0952. The normalized spacial score (nSPS) is 12.2. The standard InChI is InChI=1S/C17H27ClN2O3S/c1-5-6-7-8-11-19-16(21)13-9-10-14(18)15(12-13)24(22,23)20-17(2,3)4/h9-10,12,20H,5-8,11H2,1-4H3,(H,19,21). The number of rotatable bonds is 8. The highest BCUT2D eigenvalue weighted by Crippen LogP contribution is 2.24. The van der Waals surface area contributed by atoms with Gasteiger partial charge in [-0.25, -0.2) is 13.1 Å². The maximum absolute atomic E-state index is 12.4. The molecular weight excluding hydrogens is 348 g/mol. The highest BCUT2D eigenvalue weighted by Gasteiger charge is 2.25. The molecule has 2 N–H and O–H groups in total. The smallest absolute Gasteiger partial charge is 0.251 e. The van der Waals surface area contributed by atoms with Crippen LogP contribution in [0.2, 0.25) is 5.02 Å². The second-order valence-electron chi connectivity index (χ2n) is 6.82. The van der Waals surface area contributed by atoms with Gasteiger partial charge in [-0.15, -0.1) is 0 Å². The Morgan fingerprint density at radius 1 is 1.17 bits per heavy atom. The van der Waals surface area contributed by atoms with Crippen LogP contribution in [0.4, 0.5) is 0 Å². The van der Waals surface area contributed by atoms with Crippen molar-refractivity contribution < 1.29 is 13.2 Å². The van der Waals surface area contributed by atoms with Crippen molar-refractivity contribution in [3.8, 4) is 0 Å². The number of amides is 1. The topological polar surface area (TPSA) is 75.3 Å². The minimum absolute atomic E-state index is 0.0854. The van der Waals surface area contributed by atoms with Crippen LogP contribution in [-0.4, -0.2) is 26.4 Å². The first-order chi connectivity index (χ1) is 11.1. The summed E-state index contributed by atoms with van der Waals surface area (Å²) in [5.74, 6) is -0.296. The minimum atomic E-state index is -3.80. The van der Waals surface area contributed by atoms with E-state index in [-0.39, 0.29) is 21.4 Å². The number of benzene rings is 1. The molecule has 0 aliphatic rings. The Balaban J connectivity index is 2.88. The van der Waals surface area contributed by atoms with E-state index >= 15 is 0 Å². The number of hydrogen-bond donors (Lipinski definition) is 2. The lowest BCUT2D eigenvalue weighted by Crippen LogP contribution is -2.40. The van der Waals surface area contributed by atoms with Crippen LogP contribution < -0.4 is 10.0 Å². The molecule has 5 nitrogen and oxygen atoms in total. The van der Waals surface area contributed by atoms with Crippen molar-refractivity contribution in [1.29, 1.82) is 0 Å². The number of carbonyl (C=O) groups is 1. The SMILES string of the molecule is CCCCCCNC(=O)c1ccc(Cl)c(S(=O)(=O)NC(C)(C)C)c1. The second kappa shape index (κ2) is 8.83. The third-order valence-corrected chi connectivity index (χ3v) is 5.48. The molecule has 0 radical (unpaired) electrons. The van der Waals surface area contributed by atoms with Gasteiger partial charge >= 0.3 is 0 Å². The van der Waals surface area contributed by atoms with Crippen molar-refractivity contribution in [1.82, 2.24) is 10.0 Å². The van der Waals surface area contributed by atoms with E-state index in [1.807, 2.05) is 0 Å². The molecular formula is C17H27ClN2O3S. The summed E-state index contributed by atoms with van der Waals surface area (Å²) in [6.07, 6.45) is 4.24. The molecule has 0 bridgehead atoms. The van der Waals surface area contributed by atoms with Gasteiger partial charge in [0.1, 0.15) is 4.90 Å². The summed E-state index contributed by atoms with van der Waals surface area (Å²) in [6, 6.07) is 4.28. The second-order valence-corrected chi connectivity index (χ2v) is 8.88. The van der Waals surface area contributed by atoms with Crippen LogP contribution in [0.5, 0.6) is 0 Å². The van der Waals surface area contributed by atoms with Crippen LogP contribution in [0.25, 0.3) is 0 Å². The molecule has 1 aromatic carbocycles. The predicted molar refractivity (Wildman–Crippen MR) is 98.0 cm³/mol. The van der Waals surface area contributed by atoms with Crippen LogP contribution in [-0.2, 0) is 10.0 Å². The number of carbonyl (C=O) groups excluding carboxylic acids is 1. The third kappa shape index (κ3) is 6.79. The Morgan fingerprint density at radius 3 is 2.42 bits per heavy atom. The molecule has 0 saturated carbocycles. The third-order valence-electron chi connectivity index (χ3n) is 3.24. The van der Waals surface area contributed by atoms with E-state index in [2.05, 4.69) is 17.0 Å². The molecule has 136 valence electrons. The first-order valence-electron chi connectivity index (χ1n) is 8.18. The van der Waals surface area contributed by atoms with Gasteiger partial charge in [0, 0.05) is 17.6 Å². The Morgan fingerprint density at radius 2 is 1.83 bits per heavy atom. The lowest BCUT2D eigenvalue weighted by Gasteiger charge is -2.21. The molecule has 0 fully saturated rings. The predicted octanol–water partition coefficient (Wildman–Crippen LogP) is 3.73. The van der Waals surface area contributed by atoms with Crippen molar-refractivity contribution in [2.45, 2.75) is 63.8 Å². The van der Waals surface area contributed by atoms with Gasteiger partial charge in [0.2, 0.25) is 10.0 Å². The fraction of sp³-hybridized carbons (Fsp3) is 0.588. The molecule has 0 aliphatic carbocycles. The zero-order valence-electron chi connectivity index (χ0n) is 14.8. The summed E-state index contributed by atoms with van der Waals surface area (Å²) in [5.41, 5.74) is -0.358. The number of sulfonamides is 1. The van der Waals surface area contributed by atoms with E-state index in [0.717, 1.165) is 25.7 Å². The summed E-state index contributed by atoms with van der Waals surface area (Å²) in [7, 11) is -3.80. The molecule has 0 heterocycles. The van der Waals surface area contributed by atoms with Crippen molar-refractivity contribution in [2.75, 3.05) is 6.54 Å². The van der Waals surface area contributed by atoms with Crippen molar-refractivity contribution >= 4 is 27.5 Å². The molecule has 0 saturated heterocycles. The lowest BCUT2D eigenvalue weighted by atomic mass is 10.1. The highest BCUT2D eigenvalue weighted by molar-refractivity contribution is 7.89. The van der Waals surface area contributed by atoms with Gasteiger partial charge in [0.15, 0.2) is 0 Å². The van der Waals surface area contributed by atoms with Crippen LogP contribution in [0.3, 0.4) is 0 Å². The minimum Gasteiger partial charge on any atom is -0.352 e. The quantitative estimate of drug-likeness (QED) is 0.681. The van der Waals surface area contributed by atoms with Gasteiger partial charge in [-0.05, 0) is 45.4 Å². The average Bonchev–Trinajstić information content (AvgIpc) is 2.44. The van der Waals surface area contributed by atoms with Crippen LogP contribution in [0.15, 0.2) is 23.1 Å². The fourth-order valence-electron chi connectivity index (χ4n) is 2.16. The maximum atomic E-state index is 12.4. The van der Waals surface area contributed by atoms with E-state index in [0.29, 0.717) is 6.54 Å². The first-order valence-corrected chi connectivity index (χ1v) is 10.0. The van der Waals surface area contributed by atoms with Gasteiger partial charge in [0.25, 0.3) is 5.91 Å². The summed E-state index contributed by atoms with van der Waals surface area (Å²) in [6.45, 7) is 7.92. The molecule has 24 heavy (non-hydrogen) atoms. The molecule has 1 rings (SSSR count). The van der Waals surface area contributed by atoms with Crippen molar-refractivity contribution in [3.05, 3.63) is 28.8 Å². The number of halogens is 1. The summed E-state index contributed by atoms with van der Waals surface area (Å²) < 4.78 is 27.4. The zero-order chi connectivity index (χ0) is 18.4. The molecule has 0 atom stereocenters. The fourth-order valence-corrected chi connectivity index (χ4v) is 4.11. The Labute approximate surface area is 150 Å². The monoisotopic (exact) mass is 374 g/mol. The maximum Gasteiger partial charge on any atom is 0.251 e.